The standard InChI is InChI=1S/C13H16FN.CH2F2/c1-5-6-10-9(4)13(14)12(15)7-11(10)8(2)3;2-1-3/h7-8H,15H2,1-4H3;1H2. The Balaban J connectivity index is 0.000000873. The highest BCUT2D eigenvalue weighted by atomic mass is 19.3. The average Bonchev–Trinajstić information content (AvgIpc) is 2.30. The molecule has 0 aliphatic rings. The van der Waals surface area contributed by atoms with Crippen LogP contribution < -0.4 is 5.73 Å². The van der Waals surface area contributed by atoms with E-state index in [2.05, 4.69) is 11.8 Å². The zero-order valence-electron chi connectivity index (χ0n) is 11.1. The molecule has 1 nitrogen and oxygen atoms in total. The predicted octanol–water partition coefficient (Wildman–Crippen LogP) is 4.09. The van der Waals surface area contributed by atoms with Crippen LogP contribution >= 0.6 is 0 Å². The summed E-state index contributed by atoms with van der Waals surface area (Å²) in [6.45, 7) is 5.81. The molecule has 0 aromatic heterocycles. The van der Waals surface area contributed by atoms with Gasteiger partial charge in [0.1, 0.15) is 5.82 Å². The second kappa shape index (κ2) is 7.65. The minimum absolute atomic E-state index is 0.206. The summed E-state index contributed by atoms with van der Waals surface area (Å²) in [6, 6.07) is 1.69. The van der Waals surface area contributed by atoms with Gasteiger partial charge in [0.15, 0.2) is 0 Å². The minimum atomic E-state index is -1.75. The Morgan fingerprint density at radius 1 is 1.33 bits per heavy atom. The van der Waals surface area contributed by atoms with Crippen LogP contribution in [0.15, 0.2) is 6.07 Å². The summed E-state index contributed by atoms with van der Waals surface area (Å²) in [7, 11) is 0. The van der Waals surface area contributed by atoms with Crippen LogP contribution in [-0.4, -0.2) is 6.93 Å². The molecule has 100 valence electrons. The molecule has 4 heteroatoms. The maximum atomic E-state index is 13.6. The van der Waals surface area contributed by atoms with Gasteiger partial charge in [-0.25, -0.2) is 13.2 Å². The first-order valence-corrected chi connectivity index (χ1v) is 5.53. The van der Waals surface area contributed by atoms with Gasteiger partial charge in [0, 0.05) is 11.1 Å². The van der Waals surface area contributed by atoms with Crippen molar-refractivity contribution in [1.82, 2.24) is 0 Å². The molecule has 1 rings (SSSR count). The number of nitrogens with two attached hydrogens (primary N) is 1. The Morgan fingerprint density at radius 2 is 1.83 bits per heavy atom. The van der Waals surface area contributed by atoms with E-state index < -0.39 is 6.93 Å². The van der Waals surface area contributed by atoms with Crippen LogP contribution in [0.1, 0.15) is 43.4 Å². The number of hydrogen-bond donors (Lipinski definition) is 1. The van der Waals surface area contributed by atoms with Gasteiger partial charge in [-0.2, -0.15) is 0 Å². The van der Waals surface area contributed by atoms with Gasteiger partial charge < -0.3 is 5.73 Å². The molecule has 0 radical (unpaired) electrons. The van der Waals surface area contributed by atoms with Crippen molar-refractivity contribution in [1.29, 1.82) is 0 Å². The molecule has 0 spiro atoms. The molecule has 0 amide bonds. The zero-order valence-corrected chi connectivity index (χ0v) is 11.1. The molecule has 0 unspecified atom stereocenters. The van der Waals surface area contributed by atoms with Gasteiger partial charge in [-0.1, -0.05) is 19.8 Å². The molecule has 0 aliphatic carbocycles. The first-order valence-electron chi connectivity index (χ1n) is 5.53. The number of nitrogen functional groups attached to an aromatic ring is 1. The molecule has 2 N–H and O–H groups in total. The first-order chi connectivity index (χ1) is 8.40. The molecule has 1 aromatic carbocycles. The summed E-state index contributed by atoms with van der Waals surface area (Å²) < 4.78 is 32.8. The quantitative estimate of drug-likeness (QED) is 0.595. The largest absolute Gasteiger partial charge is 0.396 e. The van der Waals surface area contributed by atoms with Crippen LogP contribution in [0.2, 0.25) is 0 Å². The Kier molecular flexibility index (Phi) is 6.96. The van der Waals surface area contributed by atoms with E-state index in [0.29, 0.717) is 11.5 Å². The highest BCUT2D eigenvalue weighted by Crippen LogP contribution is 2.27. The highest BCUT2D eigenvalue weighted by Gasteiger charge is 2.14. The van der Waals surface area contributed by atoms with Gasteiger partial charge >= 0.3 is 0 Å². The van der Waals surface area contributed by atoms with Crippen molar-refractivity contribution in [2.45, 2.75) is 33.6 Å². The fourth-order valence-electron chi connectivity index (χ4n) is 1.59. The van der Waals surface area contributed by atoms with Gasteiger partial charge in [0.05, 0.1) is 5.69 Å². The lowest BCUT2D eigenvalue weighted by Gasteiger charge is -2.13. The summed E-state index contributed by atoms with van der Waals surface area (Å²) >= 11 is 0. The molecule has 0 aliphatic heterocycles. The summed E-state index contributed by atoms with van der Waals surface area (Å²) in [5, 5.41) is 0. The summed E-state index contributed by atoms with van der Waals surface area (Å²) in [6.07, 6.45) is 0. The number of alkyl halides is 2. The van der Waals surface area contributed by atoms with E-state index in [0.717, 1.165) is 11.1 Å². The Bertz CT molecular complexity index is 456. The van der Waals surface area contributed by atoms with Gasteiger partial charge in [0.25, 0.3) is 0 Å². The minimum Gasteiger partial charge on any atom is -0.396 e. The molecule has 0 heterocycles. The number of halogens is 3. The van der Waals surface area contributed by atoms with Crippen molar-refractivity contribution < 1.29 is 13.2 Å². The fraction of sp³-hybridized carbons (Fsp3) is 0.429. The van der Waals surface area contributed by atoms with Crippen LogP contribution in [0.3, 0.4) is 0 Å². The smallest absolute Gasteiger partial charge is 0.229 e. The summed E-state index contributed by atoms with van der Waals surface area (Å²) in [5.41, 5.74) is 8.15. The van der Waals surface area contributed by atoms with E-state index in [1.807, 2.05) is 13.8 Å². The first kappa shape index (κ1) is 16.4. The van der Waals surface area contributed by atoms with Crippen LogP contribution in [0, 0.1) is 24.6 Å². The maximum Gasteiger partial charge on any atom is 0.229 e. The molecule has 0 saturated heterocycles. The normalized spacial score (nSPS) is 9.33. The van der Waals surface area contributed by atoms with E-state index in [4.69, 9.17) is 5.73 Å². The predicted molar refractivity (Wildman–Crippen MR) is 69.3 cm³/mol. The van der Waals surface area contributed by atoms with Gasteiger partial charge in [-0.05, 0) is 31.4 Å². The van der Waals surface area contributed by atoms with E-state index >= 15 is 0 Å². The highest BCUT2D eigenvalue weighted by molar-refractivity contribution is 5.57. The van der Waals surface area contributed by atoms with Crippen LogP contribution in [0.4, 0.5) is 18.9 Å². The Labute approximate surface area is 106 Å². The third-order valence-electron chi connectivity index (χ3n) is 2.43. The van der Waals surface area contributed by atoms with E-state index in [-0.39, 0.29) is 11.5 Å². The third-order valence-corrected chi connectivity index (χ3v) is 2.43. The second-order valence-corrected chi connectivity index (χ2v) is 4.00. The topological polar surface area (TPSA) is 26.0 Å². The van der Waals surface area contributed by atoms with Gasteiger partial charge in [-0.15, -0.1) is 5.92 Å². The number of rotatable bonds is 1. The van der Waals surface area contributed by atoms with Crippen LogP contribution in [-0.2, 0) is 0 Å². The molecular weight excluding hydrogens is 239 g/mol. The van der Waals surface area contributed by atoms with Gasteiger partial charge in [0.2, 0.25) is 6.93 Å². The fourth-order valence-corrected chi connectivity index (χ4v) is 1.59. The van der Waals surface area contributed by atoms with Crippen LogP contribution in [0.25, 0.3) is 0 Å². The molecular formula is C14H18F3N. The third kappa shape index (κ3) is 3.99. The zero-order chi connectivity index (χ0) is 14.3. The second-order valence-electron chi connectivity index (χ2n) is 4.00. The Morgan fingerprint density at radius 3 is 2.22 bits per heavy atom. The van der Waals surface area contributed by atoms with Crippen molar-refractivity contribution in [3.8, 4) is 11.8 Å². The summed E-state index contributed by atoms with van der Waals surface area (Å²) in [5.74, 6) is 5.70. The average molecular weight is 257 g/mol. The van der Waals surface area contributed by atoms with Crippen molar-refractivity contribution >= 4 is 5.69 Å². The van der Waals surface area contributed by atoms with Crippen molar-refractivity contribution in [3.63, 3.8) is 0 Å². The Hall–Kier alpha value is -1.63. The van der Waals surface area contributed by atoms with Crippen molar-refractivity contribution in [2.75, 3.05) is 12.7 Å². The molecule has 0 saturated carbocycles. The van der Waals surface area contributed by atoms with E-state index in [9.17, 15) is 13.2 Å². The molecule has 0 fully saturated rings. The SMILES string of the molecule is CC#Cc1c(C(C)C)cc(N)c(F)c1C.FCF. The lowest BCUT2D eigenvalue weighted by molar-refractivity contribution is 0.295. The van der Waals surface area contributed by atoms with Crippen molar-refractivity contribution in [2.24, 2.45) is 0 Å². The van der Waals surface area contributed by atoms with Crippen LogP contribution in [0.5, 0.6) is 0 Å². The number of benzene rings is 1. The summed E-state index contributed by atoms with van der Waals surface area (Å²) in [4.78, 5) is 0. The van der Waals surface area contributed by atoms with E-state index in [1.54, 1.807) is 19.9 Å². The monoisotopic (exact) mass is 257 g/mol. The molecule has 18 heavy (non-hydrogen) atoms. The number of anilines is 1. The lowest BCUT2D eigenvalue weighted by atomic mass is 9.93. The lowest BCUT2D eigenvalue weighted by Crippen LogP contribution is -2.03. The number of hydrogen-bond acceptors (Lipinski definition) is 1. The maximum absolute atomic E-state index is 13.6. The van der Waals surface area contributed by atoms with E-state index in [1.165, 1.54) is 0 Å². The molecule has 0 bridgehead atoms. The molecule has 1 aromatic rings. The van der Waals surface area contributed by atoms with Crippen molar-refractivity contribution in [3.05, 3.63) is 28.6 Å². The van der Waals surface area contributed by atoms with Gasteiger partial charge in [-0.3, -0.25) is 0 Å². The molecule has 0 atom stereocenters.